The zero-order chi connectivity index (χ0) is 31.9. The van der Waals surface area contributed by atoms with Gasteiger partial charge in [0.15, 0.2) is 5.60 Å². The van der Waals surface area contributed by atoms with Gasteiger partial charge in [0.2, 0.25) is 14.3 Å². The molecular formula is C33H39FN6O4Si. The third kappa shape index (κ3) is 5.44. The molecule has 3 aliphatic heterocycles. The summed E-state index contributed by atoms with van der Waals surface area (Å²) in [4.78, 5) is 29.3. The van der Waals surface area contributed by atoms with Crippen LogP contribution in [0.5, 0.6) is 0 Å². The van der Waals surface area contributed by atoms with Gasteiger partial charge in [-0.1, -0.05) is 48.5 Å². The topological polar surface area (TPSA) is 113 Å². The number of anilines is 2. The van der Waals surface area contributed by atoms with E-state index in [4.69, 9.17) is 9.84 Å². The van der Waals surface area contributed by atoms with Crippen LogP contribution in [0.2, 0.25) is 18.6 Å². The predicted octanol–water partition coefficient (Wildman–Crippen LogP) is 4.74. The fourth-order valence-electron chi connectivity index (χ4n) is 7.28. The Morgan fingerprint density at radius 3 is 2.67 bits per heavy atom. The Morgan fingerprint density at radius 1 is 1.18 bits per heavy atom. The van der Waals surface area contributed by atoms with Crippen molar-refractivity contribution in [1.82, 2.24) is 15.0 Å². The molecule has 0 saturated carbocycles. The number of aliphatic hydroxyl groups excluding tert-OH is 1. The molecule has 0 bridgehead atoms. The van der Waals surface area contributed by atoms with E-state index in [0.29, 0.717) is 54.9 Å². The van der Waals surface area contributed by atoms with Crippen molar-refractivity contribution < 1.29 is 23.5 Å². The van der Waals surface area contributed by atoms with E-state index in [1.54, 1.807) is 41.0 Å². The molecule has 4 heterocycles. The second-order valence-electron chi connectivity index (χ2n) is 12.5. The molecule has 1 spiro atoms. The Balaban J connectivity index is 1.40. The van der Waals surface area contributed by atoms with Crippen molar-refractivity contribution in [1.29, 1.82) is 0 Å². The molecule has 1 saturated heterocycles. The first kappa shape index (κ1) is 31.0. The summed E-state index contributed by atoms with van der Waals surface area (Å²) in [6.45, 7) is 9.77. The molecular weight excluding hydrogens is 591 g/mol. The van der Waals surface area contributed by atoms with E-state index in [1.165, 1.54) is 5.01 Å². The van der Waals surface area contributed by atoms with Gasteiger partial charge in [-0.3, -0.25) is 14.3 Å². The molecule has 1 fully saturated rings. The summed E-state index contributed by atoms with van der Waals surface area (Å²) < 4.78 is 24.7. The number of fused-ring (bicyclic) bond motifs is 2. The summed E-state index contributed by atoms with van der Waals surface area (Å²) >= 11 is 0. The van der Waals surface area contributed by atoms with Gasteiger partial charge in [0.25, 0.3) is 5.91 Å². The van der Waals surface area contributed by atoms with Crippen LogP contribution in [-0.4, -0.2) is 65.3 Å². The van der Waals surface area contributed by atoms with Gasteiger partial charge in [-0.05, 0) is 43.3 Å². The summed E-state index contributed by atoms with van der Waals surface area (Å²) in [5.41, 5.74) is 2.32. The van der Waals surface area contributed by atoms with Gasteiger partial charge in [-0.25, -0.2) is 5.01 Å². The second-order valence-corrected chi connectivity index (χ2v) is 16.3. The molecule has 45 heavy (non-hydrogen) atoms. The van der Waals surface area contributed by atoms with Gasteiger partial charge in [-0.15, -0.1) is 11.7 Å². The highest BCUT2D eigenvalue weighted by atomic mass is 28.4. The largest absolute Gasteiger partial charge is 0.396 e. The maximum atomic E-state index is 16.2. The lowest BCUT2D eigenvalue weighted by Crippen LogP contribution is -2.45. The number of hydrogen-bond donors (Lipinski definition) is 1. The third-order valence-corrected chi connectivity index (χ3v) is 11.7. The van der Waals surface area contributed by atoms with Crippen LogP contribution in [0.3, 0.4) is 0 Å². The zero-order valence-corrected chi connectivity index (χ0v) is 26.9. The van der Waals surface area contributed by atoms with Crippen LogP contribution < -0.4 is 9.91 Å². The number of halogens is 1. The number of aryl methyl sites for hydroxylation is 1. The van der Waals surface area contributed by atoms with E-state index in [-0.39, 0.29) is 25.0 Å². The molecule has 0 aliphatic carbocycles. The minimum atomic E-state index is -3.36. The Hall–Kier alpha value is -4.00. The number of benzene rings is 2. The quantitative estimate of drug-likeness (QED) is 0.197. The highest BCUT2D eigenvalue weighted by Gasteiger charge is 2.66. The highest BCUT2D eigenvalue weighted by Crippen LogP contribution is 2.60. The van der Waals surface area contributed by atoms with Crippen LogP contribution in [0.15, 0.2) is 72.5 Å². The normalized spacial score (nSPS) is 24.8. The van der Waals surface area contributed by atoms with Gasteiger partial charge >= 0.3 is 0 Å². The number of carbonyl (C=O) groups is 2. The van der Waals surface area contributed by atoms with Crippen LogP contribution in [0.25, 0.3) is 0 Å². The predicted molar refractivity (Wildman–Crippen MR) is 172 cm³/mol. The molecule has 0 radical (unpaired) electrons. The van der Waals surface area contributed by atoms with Crippen molar-refractivity contribution in [3.05, 3.63) is 84.2 Å². The molecule has 236 valence electrons. The van der Waals surface area contributed by atoms with E-state index < -0.39 is 31.6 Å². The summed E-state index contributed by atoms with van der Waals surface area (Å²) in [5, 5.41) is 23.7. The number of aliphatic hydroxyl groups is 1. The second kappa shape index (κ2) is 12.1. The standard InChI is InChI=1S/C33H39FN6O4Si/c1-5-17-39-28-13-11-25(40-30(42)14-12-27(36-40)23-9-7-6-8-10-23)20-26(28)33(32(39)43)22(2)31(45(3,4)34)29(44-33)15-18-38-21-24(16-19-41)35-37-38/h5-11,13,20-22,29,31,41H,1,12,14-19H2,2-4H3/t22-,29+,31-,33+/m1/s1. The summed E-state index contributed by atoms with van der Waals surface area (Å²) in [6, 6.07) is 15.2. The Labute approximate surface area is 263 Å². The number of rotatable bonds is 10. The number of hydrogen-bond acceptors (Lipinski definition) is 7. The lowest BCUT2D eigenvalue weighted by Gasteiger charge is -2.31. The molecule has 4 atom stereocenters. The molecule has 12 heteroatoms. The number of ether oxygens (including phenoxy) is 1. The summed E-state index contributed by atoms with van der Waals surface area (Å²) in [6.07, 6.45) is 4.54. The van der Waals surface area contributed by atoms with E-state index in [1.807, 2.05) is 49.4 Å². The lowest BCUT2D eigenvalue weighted by atomic mass is 9.82. The molecule has 1 N–H and O–H groups in total. The van der Waals surface area contributed by atoms with Crippen molar-refractivity contribution in [3.63, 3.8) is 0 Å². The molecule has 2 aromatic carbocycles. The Morgan fingerprint density at radius 2 is 1.96 bits per heavy atom. The zero-order valence-electron chi connectivity index (χ0n) is 25.9. The molecule has 10 nitrogen and oxygen atoms in total. The van der Waals surface area contributed by atoms with Crippen LogP contribution in [-0.2, 0) is 32.9 Å². The molecule has 3 aromatic rings. The first-order valence-corrected chi connectivity index (χ1v) is 18.4. The number of nitrogens with zero attached hydrogens (tertiary/aromatic N) is 6. The van der Waals surface area contributed by atoms with Crippen molar-refractivity contribution in [2.75, 3.05) is 23.1 Å². The van der Waals surface area contributed by atoms with E-state index in [0.717, 1.165) is 11.3 Å². The van der Waals surface area contributed by atoms with Gasteiger partial charge in [0, 0.05) is 62.2 Å². The molecule has 3 aliphatic rings. The molecule has 2 amide bonds. The average Bonchev–Trinajstić information content (AvgIpc) is 3.67. The molecule has 1 aromatic heterocycles. The third-order valence-electron chi connectivity index (χ3n) is 9.24. The van der Waals surface area contributed by atoms with Crippen LogP contribution in [0.4, 0.5) is 15.5 Å². The van der Waals surface area contributed by atoms with Gasteiger partial charge < -0.3 is 18.9 Å². The van der Waals surface area contributed by atoms with Crippen molar-refractivity contribution in [3.8, 4) is 0 Å². The summed E-state index contributed by atoms with van der Waals surface area (Å²) in [7, 11) is -3.36. The van der Waals surface area contributed by atoms with E-state index >= 15 is 4.11 Å². The first-order valence-electron chi connectivity index (χ1n) is 15.5. The van der Waals surface area contributed by atoms with Gasteiger partial charge in [-0.2, -0.15) is 5.10 Å². The first-order chi connectivity index (χ1) is 21.6. The fourth-order valence-corrected chi connectivity index (χ4v) is 9.82. The maximum absolute atomic E-state index is 16.2. The molecule has 6 rings (SSSR count). The fraction of sp³-hybridized carbons (Fsp3) is 0.424. The van der Waals surface area contributed by atoms with Crippen molar-refractivity contribution in [2.45, 2.75) is 69.5 Å². The van der Waals surface area contributed by atoms with Gasteiger partial charge in [0.05, 0.1) is 28.9 Å². The number of hydrazone groups is 1. The number of aromatic nitrogens is 3. The lowest BCUT2D eigenvalue weighted by molar-refractivity contribution is -0.145. The Bertz CT molecular complexity index is 1640. The van der Waals surface area contributed by atoms with Crippen LogP contribution in [0, 0.1) is 5.92 Å². The number of amides is 2. The Kier molecular flexibility index (Phi) is 8.31. The van der Waals surface area contributed by atoms with Crippen LogP contribution >= 0.6 is 0 Å². The van der Waals surface area contributed by atoms with E-state index in [2.05, 4.69) is 16.9 Å². The smallest absolute Gasteiger partial charge is 0.264 e. The molecule has 0 unspecified atom stereocenters. The van der Waals surface area contributed by atoms with Crippen molar-refractivity contribution >= 4 is 37.3 Å². The van der Waals surface area contributed by atoms with E-state index in [9.17, 15) is 14.7 Å². The van der Waals surface area contributed by atoms with Crippen LogP contribution in [0.1, 0.15) is 43.0 Å². The minimum absolute atomic E-state index is 0.0270. The summed E-state index contributed by atoms with van der Waals surface area (Å²) in [5.74, 6) is -0.873. The van der Waals surface area contributed by atoms with Crippen molar-refractivity contribution in [2.24, 2.45) is 11.0 Å². The monoisotopic (exact) mass is 630 g/mol. The SMILES string of the molecule is C=CCN1C(=O)[C@@]2(O[C@@H](CCn3cc(CCO)nn3)[C@H]([Si](C)(C)F)[C@H]2C)c2cc(N3N=C(c4ccccc4)CCC3=O)ccc21. The highest BCUT2D eigenvalue weighted by molar-refractivity contribution is 6.72. The maximum Gasteiger partial charge on any atom is 0.264 e. The minimum Gasteiger partial charge on any atom is -0.396 e. The number of carbonyl (C=O) groups excluding carboxylic acids is 2. The van der Waals surface area contributed by atoms with Gasteiger partial charge in [0.1, 0.15) is 0 Å². The average molecular weight is 631 g/mol.